The summed E-state index contributed by atoms with van der Waals surface area (Å²) in [5.74, 6) is 1.66. The van der Waals surface area contributed by atoms with E-state index in [1.54, 1.807) is 0 Å². The summed E-state index contributed by atoms with van der Waals surface area (Å²) in [6, 6.07) is 0. The predicted molar refractivity (Wildman–Crippen MR) is 66.6 cm³/mol. The minimum atomic E-state index is 0.773. The summed E-state index contributed by atoms with van der Waals surface area (Å²) >= 11 is 0. The Balaban J connectivity index is 1.71. The summed E-state index contributed by atoms with van der Waals surface area (Å²) in [6.07, 6.45) is 5.49. The Morgan fingerprint density at radius 1 is 1.25 bits per heavy atom. The van der Waals surface area contributed by atoms with Crippen molar-refractivity contribution in [1.29, 1.82) is 0 Å². The molecule has 3 heteroatoms. The van der Waals surface area contributed by atoms with Gasteiger partial charge in [-0.2, -0.15) is 0 Å². The van der Waals surface area contributed by atoms with Gasteiger partial charge in [-0.3, -0.25) is 0 Å². The number of hydrogen-bond donors (Lipinski definition) is 1. The van der Waals surface area contributed by atoms with Gasteiger partial charge in [-0.25, -0.2) is 0 Å². The Morgan fingerprint density at radius 3 is 2.88 bits per heavy atom. The summed E-state index contributed by atoms with van der Waals surface area (Å²) in [5.41, 5.74) is 0. The number of likely N-dealkylation sites (tertiary alicyclic amines) is 1. The average molecular weight is 226 g/mol. The van der Waals surface area contributed by atoms with Crippen LogP contribution in [0.2, 0.25) is 0 Å². The van der Waals surface area contributed by atoms with Crippen molar-refractivity contribution in [1.82, 2.24) is 10.2 Å². The molecule has 2 rings (SSSR count). The van der Waals surface area contributed by atoms with Crippen LogP contribution in [-0.4, -0.2) is 51.3 Å². The van der Waals surface area contributed by atoms with Crippen molar-refractivity contribution < 1.29 is 4.74 Å². The Bertz CT molecular complexity index is 190. The van der Waals surface area contributed by atoms with Crippen LogP contribution >= 0.6 is 0 Å². The van der Waals surface area contributed by atoms with E-state index in [2.05, 4.69) is 10.2 Å². The van der Waals surface area contributed by atoms with Gasteiger partial charge in [-0.1, -0.05) is 0 Å². The summed E-state index contributed by atoms with van der Waals surface area (Å²) < 4.78 is 5.28. The molecule has 2 aliphatic heterocycles. The van der Waals surface area contributed by atoms with Crippen LogP contribution in [0.25, 0.3) is 0 Å². The zero-order chi connectivity index (χ0) is 11.2. The highest BCUT2D eigenvalue weighted by atomic mass is 16.5. The second kappa shape index (κ2) is 6.58. The van der Waals surface area contributed by atoms with Gasteiger partial charge in [-0.15, -0.1) is 0 Å². The lowest BCUT2D eigenvalue weighted by Gasteiger charge is -2.35. The topological polar surface area (TPSA) is 24.5 Å². The molecule has 2 aliphatic rings. The molecule has 2 heterocycles. The Labute approximate surface area is 99.5 Å². The fraction of sp³-hybridized carbons (Fsp3) is 1.00. The molecule has 2 fully saturated rings. The molecule has 1 N–H and O–H groups in total. The van der Waals surface area contributed by atoms with E-state index in [9.17, 15) is 0 Å². The van der Waals surface area contributed by atoms with E-state index in [0.29, 0.717) is 0 Å². The third-order valence-electron chi connectivity index (χ3n) is 3.92. The van der Waals surface area contributed by atoms with Crippen molar-refractivity contribution in [3.8, 4) is 0 Å². The maximum absolute atomic E-state index is 5.28. The molecule has 0 saturated carbocycles. The first kappa shape index (κ1) is 12.3. The van der Waals surface area contributed by atoms with Gasteiger partial charge in [0.1, 0.15) is 0 Å². The number of ether oxygens (including phenoxy) is 1. The molecule has 16 heavy (non-hydrogen) atoms. The van der Waals surface area contributed by atoms with Crippen molar-refractivity contribution in [2.24, 2.45) is 11.8 Å². The lowest BCUT2D eigenvalue weighted by Crippen LogP contribution is -2.43. The third-order valence-corrected chi connectivity index (χ3v) is 3.92. The largest absolute Gasteiger partial charge is 0.384 e. The van der Waals surface area contributed by atoms with Crippen LogP contribution in [-0.2, 0) is 4.74 Å². The Kier molecular flexibility index (Phi) is 5.07. The maximum Gasteiger partial charge on any atom is 0.0502 e. The van der Waals surface area contributed by atoms with Crippen molar-refractivity contribution in [3.63, 3.8) is 0 Å². The molecule has 0 aromatic carbocycles. The van der Waals surface area contributed by atoms with Gasteiger partial charge in [0.2, 0.25) is 0 Å². The fourth-order valence-corrected chi connectivity index (χ4v) is 3.13. The highest BCUT2D eigenvalue weighted by molar-refractivity contribution is 4.77. The number of piperidine rings is 2. The molecule has 2 saturated heterocycles. The van der Waals surface area contributed by atoms with E-state index in [0.717, 1.165) is 18.4 Å². The monoisotopic (exact) mass is 226 g/mol. The molecular formula is C13H26N2O. The molecule has 2 atom stereocenters. The first-order valence-electron chi connectivity index (χ1n) is 6.80. The average Bonchev–Trinajstić information content (AvgIpc) is 2.31. The first-order chi connectivity index (χ1) is 7.88. The molecule has 0 aromatic rings. The lowest BCUT2D eigenvalue weighted by atomic mass is 9.95. The molecular weight excluding hydrogens is 200 g/mol. The molecule has 0 spiro atoms. The van der Waals surface area contributed by atoms with Gasteiger partial charge < -0.3 is 15.0 Å². The summed E-state index contributed by atoms with van der Waals surface area (Å²) in [7, 11) is 1.82. The third kappa shape index (κ3) is 3.72. The molecule has 0 bridgehead atoms. The number of hydrogen-bond acceptors (Lipinski definition) is 3. The van der Waals surface area contributed by atoms with Crippen LogP contribution < -0.4 is 5.32 Å². The van der Waals surface area contributed by atoms with Gasteiger partial charge in [-0.05, 0) is 57.2 Å². The van der Waals surface area contributed by atoms with Crippen LogP contribution in [0.15, 0.2) is 0 Å². The SMILES string of the molecule is COCC1CCCN(CC2CCCNC2)C1. The fourth-order valence-electron chi connectivity index (χ4n) is 3.13. The summed E-state index contributed by atoms with van der Waals surface area (Å²) in [4.78, 5) is 2.66. The summed E-state index contributed by atoms with van der Waals surface area (Å²) in [5, 5.41) is 3.51. The second-order valence-electron chi connectivity index (χ2n) is 5.44. The van der Waals surface area contributed by atoms with Gasteiger partial charge in [0, 0.05) is 20.2 Å². The van der Waals surface area contributed by atoms with E-state index in [1.165, 1.54) is 58.4 Å². The second-order valence-corrected chi connectivity index (χ2v) is 5.44. The minimum absolute atomic E-state index is 0.773. The van der Waals surface area contributed by atoms with Gasteiger partial charge in [0.15, 0.2) is 0 Å². The zero-order valence-corrected chi connectivity index (χ0v) is 10.6. The van der Waals surface area contributed by atoms with E-state index >= 15 is 0 Å². The molecule has 0 radical (unpaired) electrons. The van der Waals surface area contributed by atoms with Crippen LogP contribution in [0, 0.1) is 11.8 Å². The predicted octanol–water partition coefficient (Wildman–Crippen LogP) is 1.34. The Morgan fingerprint density at radius 2 is 2.12 bits per heavy atom. The molecule has 94 valence electrons. The quantitative estimate of drug-likeness (QED) is 0.783. The van der Waals surface area contributed by atoms with Gasteiger partial charge >= 0.3 is 0 Å². The molecule has 0 aromatic heterocycles. The highest BCUT2D eigenvalue weighted by Gasteiger charge is 2.23. The highest BCUT2D eigenvalue weighted by Crippen LogP contribution is 2.19. The van der Waals surface area contributed by atoms with E-state index in [1.807, 2.05) is 7.11 Å². The smallest absolute Gasteiger partial charge is 0.0502 e. The maximum atomic E-state index is 5.28. The Hall–Kier alpha value is -0.120. The molecule has 0 amide bonds. The van der Waals surface area contributed by atoms with Gasteiger partial charge in [0.05, 0.1) is 6.61 Å². The zero-order valence-electron chi connectivity index (χ0n) is 10.6. The van der Waals surface area contributed by atoms with Crippen molar-refractivity contribution in [2.75, 3.05) is 46.4 Å². The van der Waals surface area contributed by atoms with Crippen molar-refractivity contribution >= 4 is 0 Å². The standard InChI is InChI=1S/C13H26N2O/c1-16-11-13-5-3-7-15(10-13)9-12-4-2-6-14-8-12/h12-14H,2-11H2,1H3. The summed E-state index contributed by atoms with van der Waals surface area (Å²) in [6.45, 7) is 7.25. The van der Waals surface area contributed by atoms with Gasteiger partial charge in [0.25, 0.3) is 0 Å². The number of nitrogens with zero attached hydrogens (tertiary/aromatic N) is 1. The van der Waals surface area contributed by atoms with E-state index < -0.39 is 0 Å². The molecule has 2 unspecified atom stereocenters. The minimum Gasteiger partial charge on any atom is -0.384 e. The normalized spacial score (nSPS) is 32.8. The lowest BCUT2D eigenvalue weighted by molar-refractivity contribution is 0.0800. The van der Waals surface area contributed by atoms with Crippen LogP contribution in [0.5, 0.6) is 0 Å². The molecule has 3 nitrogen and oxygen atoms in total. The number of nitrogens with one attached hydrogen (secondary N) is 1. The number of rotatable bonds is 4. The molecule has 0 aliphatic carbocycles. The van der Waals surface area contributed by atoms with Crippen molar-refractivity contribution in [2.45, 2.75) is 25.7 Å². The van der Waals surface area contributed by atoms with Crippen molar-refractivity contribution in [3.05, 3.63) is 0 Å². The first-order valence-corrected chi connectivity index (χ1v) is 6.80. The van der Waals surface area contributed by atoms with Crippen LogP contribution in [0.3, 0.4) is 0 Å². The van der Waals surface area contributed by atoms with Crippen LogP contribution in [0.1, 0.15) is 25.7 Å². The van der Waals surface area contributed by atoms with E-state index in [4.69, 9.17) is 4.74 Å². The van der Waals surface area contributed by atoms with E-state index in [-0.39, 0.29) is 0 Å². The number of methoxy groups -OCH3 is 1. The van der Waals surface area contributed by atoms with Crippen LogP contribution in [0.4, 0.5) is 0 Å².